The van der Waals surface area contributed by atoms with Gasteiger partial charge in [0.15, 0.2) is 0 Å². The van der Waals surface area contributed by atoms with E-state index in [4.69, 9.17) is 0 Å². The van der Waals surface area contributed by atoms with E-state index in [0.717, 1.165) is 30.3 Å². The van der Waals surface area contributed by atoms with E-state index in [9.17, 15) is 9.59 Å². The molecule has 1 aliphatic rings. The van der Waals surface area contributed by atoms with Gasteiger partial charge in [-0.1, -0.05) is 48.9 Å². The fourth-order valence-electron chi connectivity index (χ4n) is 3.56. The number of hydrogen-bond acceptors (Lipinski definition) is 3. The van der Waals surface area contributed by atoms with Gasteiger partial charge in [-0.15, -0.1) is 0 Å². The highest BCUT2D eigenvalue weighted by molar-refractivity contribution is 9.10. The maximum Gasteiger partial charge on any atom is 0.243 e. The van der Waals surface area contributed by atoms with E-state index in [1.165, 1.54) is 12.0 Å². The fraction of sp³-hybridized carbons (Fsp3) is 0.364. The van der Waals surface area contributed by atoms with Crippen molar-refractivity contribution in [2.24, 2.45) is 0 Å². The highest BCUT2D eigenvalue weighted by Crippen LogP contribution is 2.21. The second-order valence-electron chi connectivity index (χ2n) is 7.11. The van der Waals surface area contributed by atoms with Crippen LogP contribution in [0.4, 0.5) is 5.69 Å². The molecule has 0 radical (unpaired) electrons. The molecule has 2 aromatic carbocycles. The van der Waals surface area contributed by atoms with Crippen LogP contribution in [0.25, 0.3) is 0 Å². The summed E-state index contributed by atoms with van der Waals surface area (Å²) in [5, 5.41) is 5.54. The zero-order valence-corrected chi connectivity index (χ0v) is 17.5. The summed E-state index contributed by atoms with van der Waals surface area (Å²) in [6, 6.07) is 18.2. The van der Waals surface area contributed by atoms with Gasteiger partial charge in [0.25, 0.3) is 0 Å². The number of benzene rings is 2. The second kappa shape index (κ2) is 10.4. The molecule has 148 valence electrons. The van der Waals surface area contributed by atoms with Gasteiger partial charge in [-0.3, -0.25) is 14.5 Å². The summed E-state index contributed by atoms with van der Waals surface area (Å²) in [7, 11) is 0. The summed E-state index contributed by atoms with van der Waals surface area (Å²) in [6.07, 6.45) is 4.37. The second-order valence-corrected chi connectivity index (χ2v) is 7.97. The molecule has 1 saturated heterocycles. The Bertz CT molecular complexity index is 797. The molecule has 6 heteroatoms. The number of halogens is 1. The number of likely N-dealkylation sites (tertiary alicyclic amines) is 1. The summed E-state index contributed by atoms with van der Waals surface area (Å²) < 4.78 is 0.812. The van der Waals surface area contributed by atoms with Crippen LogP contribution in [0.2, 0.25) is 0 Å². The monoisotopic (exact) mass is 443 g/mol. The number of nitrogens with one attached hydrogen (secondary N) is 2. The molecule has 1 atom stereocenters. The summed E-state index contributed by atoms with van der Waals surface area (Å²) in [4.78, 5) is 26.7. The third-order valence-corrected chi connectivity index (χ3v) is 5.70. The molecule has 1 unspecified atom stereocenters. The van der Waals surface area contributed by atoms with Crippen molar-refractivity contribution in [1.82, 2.24) is 10.2 Å². The van der Waals surface area contributed by atoms with Crippen molar-refractivity contribution in [2.75, 3.05) is 25.0 Å². The standard InChI is InChI=1S/C22H26BrN3O2/c23-19-11-4-5-12-20(19)25-21(27)15-24-22(28)16-26-13-7-6-10-18(26)14-17-8-2-1-3-9-17/h1-5,8-9,11-12,18H,6-7,10,13-16H2,(H,24,28)(H,25,27). The number of anilines is 1. The molecule has 2 amide bonds. The Hall–Kier alpha value is -2.18. The molecular weight excluding hydrogens is 418 g/mol. The molecule has 0 aliphatic carbocycles. The SMILES string of the molecule is O=C(CN1CCCCC1Cc1ccccc1)NCC(=O)Nc1ccccc1Br. The first-order valence-electron chi connectivity index (χ1n) is 9.71. The predicted octanol–water partition coefficient (Wildman–Crippen LogP) is 3.60. The first-order valence-corrected chi connectivity index (χ1v) is 10.5. The normalized spacial score (nSPS) is 17.1. The molecule has 28 heavy (non-hydrogen) atoms. The van der Waals surface area contributed by atoms with E-state index in [-0.39, 0.29) is 18.4 Å². The van der Waals surface area contributed by atoms with Gasteiger partial charge < -0.3 is 10.6 Å². The molecule has 2 N–H and O–H groups in total. The Kier molecular flexibility index (Phi) is 7.62. The molecule has 2 aromatic rings. The lowest BCUT2D eigenvalue weighted by Crippen LogP contribution is -2.47. The van der Waals surface area contributed by atoms with Crippen molar-refractivity contribution in [2.45, 2.75) is 31.7 Å². The minimum atomic E-state index is -0.236. The van der Waals surface area contributed by atoms with Gasteiger partial charge in [-0.2, -0.15) is 0 Å². The summed E-state index contributed by atoms with van der Waals surface area (Å²) in [5.41, 5.74) is 1.99. The predicted molar refractivity (Wildman–Crippen MR) is 115 cm³/mol. The van der Waals surface area contributed by atoms with Gasteiger partial charge >= 0.3 is 0 Å². The van der Waals surface area contributed by atoms with Crippen molar-refractivity contribution in [3.05, 3.63) is 64.6 Å². The van der Waals surface area contributed by atoms with Crippen LogP contribution in [0, 0.1) is 0 Å². The number of piperidine rings is 1. The number of rotatable bonds is 7. The Balaban J connectivity index is 1.47. The van der Waals surface area contributed by atoms with Crippen molar-refractivity contribution in [1.29, 1.82) is 0 Å². The van der Waals surface area contributed by atoms with Crippen molar-refractivity contribution >= 4 is 33.4 Å². The maximum absolute atomic E-state index is 12.4. The maximum atomic E-state index is 12.4. The van der Waals surface area contributed by atoms with Gasteiger partial charge in [0.05, 0.1) is 18.8 Å². The number of carbonyl (C=O) groups excluding carboxylic acids is 2. The zero-order valence-electron chi connectivity index (χ0n) is 15.9. The topological polar surface area (TPSA) is 61.4 Å². The molecule has 5 nitrogen and oxygen atoms in total. The minimum absolute atomic E-state index is 0.0304. The van der Waals surface area contributed by atoms with Crippen LogP contribution in [0.5, 0.6) is 0 Å². The van der Waals surface area contributed by atoms with Crippen LogP contribution >= 0.6 is 15.9 Å². The quantitative estimate of drug-likeness (QED) is 0.686. The van der Waals surface area contributed by atoms with Gasteiger partial charge in [0, 0.05) is 10.5 Å². The first kappa shape index (κ1) is 20.6. The lowest BCUT2D eigenvalue weighted by Gasteiger charge is -2.35. The largest absolute Gasteiger partial charge is 0.346 e. The van der Waals surface area contributed by atoms with Gasteiger partial charge in [-0.25, -0.2) is 0 Å². The third-order valence-electron chi connectivity index (χ3n) is 5.00. The molecule has 0 saturated carbocycles. The highest BCUT2D eigenvalue weighted by Gasteiger charge is 2.24. The van der Waals surface area contributed by atoms with Crippen molar-refractivity contribution in [3.63, 3.8) is 0 Å². The number of para-hydroxylation sites is 1. The smallest absolute Gasteiger partial charge is 0.243 e. The number of carbonyl (C=O) groups is 2. The highest BCUT2D eigenvalue weighted by atomic mass is 79.9. The van der Waals surface area contributed by atoms with Crippen LogP contribution < -0.4 is 10.6 Å². The average molecular weight is 444 g/mol. The summed E-state index contributed by atoms with van der Waals surface area (Å²) >= 11 is 3.40. The molecule has 0 bridgehead atoms. The fourth-order valence-corrected chi connectivity index (χ4v) is 3.95. The number of nitrogens with zero attached hydrogens (tertiary/aromatic N) is 1. The van der Waals surface area contributed by atoms with E-state index in [1.54, 1.807) is 0 Å². The molecule has 1 fully saturated rings. The Labute approximate surface area is 174 Å². The lowest BCUT2D eigenvalue weighted by molar-refractivity contribution is -0.125. The lowest BCUT2D eigenvalue weighted by atomic mass is 9.95. The molecule has 0 aromatic heterocycles. The Morgan fingerprint density at radius 2 is 1.75 bits per heavy atom. The third kappa shape index (κ3) is 6.17. The van der Waals surface area contributed by atoms with E-state index < -0.39 is 0 Å². The molecule has 0 spiro atoms. The molecule has 1 aliphatic heterocycles. The number of amides is 2. The molecular formula is C22H26BrN3O2. The zero-order chi connectivity index (χ0) is 19.8. The van der Waals surface area contributed by atoms with Crippen LogP contribution in [-0.2, 0) is 16.0 Å². The van der Waals surface area contributed by atoms with Crippen LogP contribution in [0.3, 0.4) is 0 Å². The first-order chi connectivity index (χ1) is 13.6. The van der Waals surface area contributed by atoms with Crippen LogP contribution in [0.15, 0.2) is 59.1 Å². The van der Waals surface area contributed by atoms with Crippen LogP contribution in [0.1, 0.15) is 24.8 Å². The van der Waals surface area contributed by atoms with E-state index in [0.29, 0.717) is 18.3 Å². The average Bonchev–Trinajstić information content (AvgIpc) is 2.70. The van der Waals surface area contributed by atoms with Gasteiger partial charge in [0.1, 0.15) is 0 Å². The van der Waals surface area contributed by atoms with Gasteiger partial charge in [0.2, 0.25) is 11.8 Å². The van der Waals surface area contributed by atoms with E-state index in [2.05, 4.69) is 55.7 Å². The van der Waals surface area contributed by atoms with Gasteiger partial charge in [-0.05, 0) is 59.4 Å². The minimum Gasteiger partial charge on any atom is -0.346 e. The molecule has 1 heterocycles. The van der Waals surface area contributed by atoms with Crippen LogP contribution in [-0.4, -0.2) is 42.4 Å². The summed E-state index contributed by atoms with van der Waals surface area (Å²) in [6.45, 7) is 1.23. The Morgan fingerprint density at radius 3 is 2.54 bits per heavy atom. The summed E-state index contributed by atoms with van der Waals surface area (Å²) in [5.74, 6) is -0.345. The molecule has 3 rings (SSSR count). The van der Waals surface area contributed by atoms with Crippen molar-refractivity contribution in [3.8, 4) is 0 Å². The number of hydrogen-bond donors (Lipinski definition) is 2. The van der Waals surface area contributed by atoms with E-state index in [1.807, 2.05) is 30.3 Å². The van der Waals surface area contributed by atoms with Crippen molar-refractivity contribution < 1.29 is 9.59 Å². The van der Waals surface area contributed by atoms with E-state index >= 15 is 0 Å². The Morgan fingerprint density at radius 1 is 1.00 bits per heavy atom.